The first-order chi connectivity index (χ1) is 14.5. The summed E-state index contributed by atoms with van der Waals surface area (Å²) in [6.07, 6.45) is 5.60. The van der Waals surface area contributed by atoms with Gasteiger partial charge in [0.15, 0.2) is 0 Å². The van der Waals surface area contributed by atoms with E-state index in [9.17, 15) is 9.59 Å². The molecule has 7 nitrogen and oxygen atoms in total. The van der Waals surface area contributed by atoms with E-state index in [-0.39, 0.29) is 17.9 Å². The van der Waals surface area contributed by atoms with Crippen molar-refractivity contribution in [2.24, 2.45) is 0 Å². The number of nitrogens with one attached hydrogen (secondary N) is 1. The fourth-order valence-electron chi connectivity index (χ4n) is 4.15. The van der Waals surface area contributed by atoms with Crippen molar-refractivity contribution in [3.8, 4) is 0 Å². The summed E-state index contributed by atoms with van der Waals surface area (Å²) in [5.74, 6) is 0.283. The fourth-order valence-corrected chi connectivity index (χ4v) is 5.03. The van der Waals surface area contributed by atoms with Crippen LogP contribution in [0.1, 0.15) is 68.0 Å². The van der Waals surface area contributed by atoms with Crippen LogP contribution in [0.3, 0.4) is 0 Å². The molecule has 0 bridgehead atoms. The summed E-state index contributed by atoms with van der Waals surface area (Å²) in [5.41, 5.74) is 2.38. The van der Waals surface area contributed by atoms with Crippen molar-refractivity contribution in [1.82, 2.24) is 20.2 Å². The predicted molar refractivity (Wildman–Crippen MR) is 115 cm³/mol. The molecule has 160 valence electrons. The summed E-state index contributed by atoms with van der Waals surface area (Å²) in [5, 5.41) is 3.85. The van der Waals surface area contributed by atoms with Crippen LogP contribution in [0, 0.1) is 13.8 Å². The molecule has 8 heteroatoms. The predicted octanol–water partition coefficient (Wildman–Crippen LogP) is 3.08. The second kappa shape index (κ2) is 9.22. The lowest BCUT2D eigenvalue weighted by Gasteiger charge is -2.31. The summed E-state index contributed by atoms with van der Waals surface area (Å²) < 4.78 is 5.54. The number of amides is 2. The number of aryl methyl sites for hydroxylation is 2. The summed E-state index contributed by atoms with van der Waals surface area (Å²) in [6, 6.07) is 3.79. The van der Waals surface area contributed by atoms with Gasteiger partial charge in [0, 0.05) is 44.0 Å². The third-order valence-electron chi connectivity index (χ3n) is 5.86. The molecule has 2 aliphatic rings. The van der Waals surface area contributed by atoms with Gasteiger partial charge in [0.05, 0.1) is 22.4 Å². The van der Waals surface area contributed by atoms with Gasteiger partial charge in [0.2, 0.25) is 0 Å². The number of carbonyl (C=O) groups is 2. The highest BCUT2D eigenvalue weighted by atomic mass is 32.1. The van der Waals surface area contributed by atoms with Crippen molar-refractivity contribution >= 4 is 23.2 Å². The van der Waals surface area contributed by atoms with Gasteiger partial charge in [-0.3, -0.25) is 14.6 Å². The third kappa shape index (κ3) is 4.70. The SMILES string of the molecule is Cc1nc(C)c(C(=O)N2CCC(c3ccc(C(=O)NC[C@@H]4CCCO4)cn3)CC2)s1. The van der Waals surface area contributed by atoms with Gasteiger partial charge < -0.3 is 15.0 Å². The van der Waals surface area contributed by atoms with Gasteiger partial charge in [-0.15, -0.1) is 11.3 Å². The Morgan fingerprint density at radius 1 is 1.23 bits per heavy atom. The number of ether oxygens (including phenoxy) is 1. The van der Waals surface area contributed by atoms with E-state index in [1.54, 1.807) is 6.20 Å². The number of likely N-dealkylation sites (tertiary alicyclic amines) is 1. The minimum absolute atomic E-state index is 0.0859. The maximum absolute atomic E-state index is 12.8. The zero-order valence-corrected chi connectivity index (χ0v) is 18.3. The Hall–Kier alpha value is -2.32. The molecule has 0 radical (unpaired) electrons. The number of hydrogen-bond donors (Lipinski definition) is 1. The van der Waals surface area contributed by atoms with Crippen molar-refractivity contribution in [3.05, 3.63) is 45.2 Å². The maximum Gasteiger partial charge on any atom is 0.265 e. The highest BCUT2D eigenvalue weighted by Gasteiger charge is 2.27. The minimum Gasteiger partial charge on any atom is -0.376 e. The van der Waals surface area contributed by atoms with E-state index in [4.69, 9.17) is 4.74 Å². The molecular formula is C22H28N4O3S. The molecule has 2 aromatic rings. The van der Waals surface area contributed by atoms with Gasteiger partial charge >= 0.3 is 0 Å². The maximum atomic E-state index is 12.8. The lowest BCUT2D eigenvalue weighted by Crippen LogP contribution is -2.38. The smallest absolute Gasteiger partial charge is 0.265 e. The third-order valence-corrected chi connectivity index (χ3v) is 6.92. The van der Waals surface area contributed by atoms with E-state index >= 15 is 0 Å². The van der Waals surface area contributed by atoms with Crippen molar-refractivity contribution < 1.29 is 14.3 Å². The number of aromatic nitrogens is 2. The van der Waals surface area contributed by atoms with Crippen LogP contribution in [0.4, 0.5) is 0 Å². The van der Waals surface area contributed by atoms with E-state index in [0.717, 1.165) is 53.6 Å². The Balaban J connectivity index is 1.29. The minimum atomic E-state index is -0.111. The first-order valence-corrected chi connectivity index (χ1v) is 11.4. The van der Waals surface area contributed by atoms with Gasteiger partial charge in [-0.05, 0) is 51.7 Å². The highest BCUT2D eigenvalue weighted by Crippen LogP contribution is 2.29. The van der Waals surface area contributed by atoms with E-state index in [1.165, 1.54) is 11.3 Å². The van der Waals surface area contributed by atoms with Gasteiger partial charge in [-0.25, -0.2) is 4.98 Å². The molecule has 0 spiro atoms. The highest BCUT2D eigenvalue weighted by molar-refractivity contribution is 7.13. The Morgan fingerprint density at radius 3 is 2.63 bits per heavy atom. The molecular weight excluding hydrogens is 400 g/mol. The topological polar surface area (TPSA) is 84.4 Å². The normalized spacial score (nSPS) is 19.8. The van der Waals surface area contributed by atoms with Crippen LogP contribution in [0.2, 0.25) is 0 Å². The van der Waals surface area contributed by atoms with Crippen LogP contribution >= 0.6 is 11.3 Å². The molecule has 2 amide bonds. The quantitative estimate of drug-likeness (QED) is 0.791. The molecule has 0 unspecified atom stereocenters. The summed E-state index contributed by atoms with van der Waals surface area (Å²) >= 11 is 1.47. The van der Waals surface area contributed by atoms with Crippen molar-refractivity contribution in [1.29, 1.82) is 0 Å². The lowest BCUT2D eigenvalue weighted by atomic mass is 9.92. The monoisotopic (exact) mass is 428 g/mol. The van der Waals surface area contributed by atoms with Gasteiger partial charge in [-0.2, -0.15) is 0 Å². The Kier molecular flexibility index (Phi) is 6.43. The zero-order chi connectivity index (χ0) is 21.1. The van der Waals surface area contributed by atoms with Crippen LogP contribution in [0.5, 0.6) is 0 Å². The second-order valence-electron chi connectivity index (χ2n) is 8.03. The van der Waals surface area contributed by atoms with Crippen LogP contribution in [0.25, 0.3) is 0 Å². The number of hydrogen-bond acceptors (Lipinski definition) is 6. The number of carbonyl (C=O) groups excluding carboxylic acids is 2. The van der Waals surface area contributed by atoms with Crippen molar-refractivity contribution in [2.75, 3.05) is 26.2 Å². The Labute approximate surface area is 180 Å². The van der Waals surface area contributed by atoms with Crippen molar-refractivity contribution in [3.63, 3.8) is 0 Å². The van der Waals surface area contributed by atoms with Crippen LogP contribution in [0.15, 0.2) is 18.3 Å². The molecule has 2 fully saturated rings. The van der Waals surface area contributed by atoms with E-state index in [1.807, 2.05) is 30.9 Å². The first-order valence-electron chi connectivity index (χ1n) is 10.6. The second-order valence-corrected chi connectivity index (χ2v) is 9.23. The number of piperidine rings is 1. The molecule has 2 aliphatic heterocycles. The van der Waals surface area contributed by atoms with Crippen LogP contribution < -0.4 is 5.32 Å². The summed E-state index contributed by atoms with van der Waals surface area (Å²) in [6.45, 7) is 6.58. The molecule has 0 aromatic carbocycles. The molecule has 30 heavy (non-hydrogen) atoms. The average molecular weight is 429 g/mol. The number of nitrogens with zero attached hydrogens (tertiary/aromatic N) is 3. The lowest BCUT2D eigenvalue weighted by molar-refractivity contribution is 0.0715. The van der Waals surface area contributed by atoms with Crippen LogP contribution in [-0.4, -0.2) is 59.0 Å². The van der Waals surface area contributed by atoms with Crippen molar-refractivity contribution in [2.45, 2.75) is 51.6 Å². The number of rotatable bonds is 5. The molecule has 4 rings (SSSR count). The van der Waals surface area contributed by atoms with Gasteiger partial charge in [0.1, 0.15) is 4.88 Å². The molecule has 4 heterocycles. The number of thiazole rings is 1. The van der Waals surface area contributed by atoms with Crippen LogP contribution in [-0.2, 0) is 4.74 Å². The molecule has 0 saturated carbocycles. The summed E-state index contributed by atoms with van der Waals surface area (Å²) in [7, 11) is 0. The van der Waals surface area contributed by atoms with E-state index in [0.29, 0.717) is 31.1 Å². The van der Waals surface area contributed by atoms with Gasteiger partial charge in [-0.1, -0.05) is 0 Å². The van der Waals surface area contributed by atoms with Gasteiger partial charge in [0.25, 0.3) is 11.8 Å². The fraction of sp³-hybridized carbons (Fsp3) is 0.545. The van der Waals surface area contributed by atoms with E-state index < -0.39 is 0 Å². The molecule has 2 aromatic heterocycles. The largest absolute Gasteiger partial charge is 0.376 e. The van der Waals surface area contributed by atoms with E-state index in [2.05, 4.69) is 15.3 Å². The summed E-state index contributed by atoms with van der Waals surface area (Å²) in [4.78, 5) is 36.7. The standard InChI is InChI=1S/C22H28N4O3S/c1-14-20(30-15(2)25-14)22(28)26-9-7-16(8-10-26)19-6-5-17(12-23-19)21(27)24-13-18-4-3-11-29-18/h5-6,12,16,18H,3-4,7-11,13H2,1-2H3,(H,24,27)/t18-/m0/s1. The molecule has 2 saturated heterocycles. The molecule has 1 atom stereocenters. The zero-order valence-electron chi connectivity index (χ0n) is 17.5. The first kappa shape index (κ1) is 20.9. The Bertz CT molecular complexity index is 898. The molecule has 1 N–H and O–H groups in total. The average Bonchev–Trinajstić information content (AvgIpc) is 3.41. The molecule has 0 aliphatic carbocycles. The Morgan fingerprint density at radius 2 is 2.03 bits per heavy atom. The number of pyridine rings is 1.